The van der Waals surface area contributed by atoms with Gasteiger partial charge in [-0.2, -0.15) is 0 Å². The molecular weight excluding hydrogens is 308 g/mol. The quantitative estimate of drug-likeness (QED) is 0.867. The third-order valence-electron chi connectivity index (χ3n) is 3.20. The molecule has 0 unspecified atom stereocenters. The van der Waals surface area contributed by atoms with E-state index in [0.29, 0.717) is 16.9 Å². The normalized spacial score (nSPS) is 9.46. The molecule has 0 radical (unpaired) electrons. The second-order valence-corrected chi connectivity index (χ2v) is 4.98. The number of ether oxygens (including phenoxy) is 2. The second-order valence-electron chi connectivity index (χ2n) is 4.98. The number of esters is 2. The van der Waals surface area contributed by atoms with Crippen molar-refractivity contribution < 1.29 is 24.2 Å². The lowest BCUT2D eigenvalue weighted by molar-refractivity contribution is 0.0586. The minimum absolute atomic E-state index is 0.347. The average molecular weight is 330 g/mol. The molecule has 0 aliphatic rings. The number of carbonyl (C=O) groups is 2. The fourth-order valence-corrected chi connectivity index (χ4v) is 1.93. The van der Waals surface area contributed by atoms with Crippen molar-refractivity contribution in [1.29, 1.82) is 0 Å². The maximum absolute atomic E-state index is 11.0. The molecule has 24 heavy (non-hydrogen) atoms. The molecule has 5 nitrogen and oxygen atoms in total. The second kappa shape index (κ2) is 10.0. The minimum Gasteiger partial charge on any atom is -0.508 e. The van der Waals surface area contributed by atoms with Crippen molar-refractivity contribution in [1.82, 2.24) is 0 Å². The highest BCUT2D eigenvalue weighted by Gasteiger charge is 2.08. The van der Waals surface area contributed by atoms with E-state index < -0.39 is 11.9 Å². The van der Waals surface area contributed by atoms with E-state index in [-0.39, 0.29) is 0 Å². The first-order valence-corrected chi connectivity index (χ1v) is 7.56. The van der Waals surface area contributed by atoms with Crippen LogP contribution in [-0.4, -0.2) is 31.3 Å². The van der Waals surface area contributed by atoms with Gasteiger partial charge >= 0.3 is 11.9 Å². The molecule has 0 fully saturated rings. The molecule has 0 aromatic heterocycles. The van der Waals surface area contributed by atoms with Gasteiger partial charge in [0.1, 0.15) is 5.75 Å². The Hall–Kier alpha value is -2.82. The van der Waals surface area contributed by atoms with Crippen LogP contribution in [0.3, 0.4) is 0 Å². The van der Waals surface area contributed by atoms with Crippen molar-refractivity contribution in [3.63, 3.8) is 0 Å². The van der Waals surface area contributed by atoms with Gasteiger partial charge in [-0.05, 0) is 48.4 Å². The molecule has 1 N–H and O–H groups in total. The predicted molar refractivity (Wildman–Crippen MR) is 91.2 cm³/mol. The van der Waals surface area contributed by atoms with Gasteiger partial charge in [-0.25, -0.2) is 9.59 Å². The van der Waals surface area contributed by atoms with Crippen LogP contribution >= 0.6 is 0 Å². The molecule has 0 atom stereocenters. The van der Waals surface area contributed by atoms with E-state index in [1.807, 2.05) is 12.1 Å². The first-order chi connectivity index (χ1) is 11.5. The van der Waals surface area contributed by atoms with Gasteiger partial charge in [0.25, 0.3) is 0 Å². The number of aromatic hydroxyl groups is 1. The summed E-state index contributed by atoms with van der Waals surface area (Å²) in [6.07, 6.45) is 2.26. The lowest BCUT2D eigenvalue weighted by atomic mass is 10.1. The van der Waals surface area contributed by atoms with Gasteiger partial charge in [0, 0.05) is 0 Å². The summed E-state index contributed by atoms with van der Waals surface area (Å²) in [6.45, 7) is 2.15. The first-order valence-electron chi connectivity index (χ1n) is 7.56. The molecule has 2 aromatic rings. The van der Waals surface area contributed by atoms with Crippen molar-refractivity contribution >= 4 is 11.9 Å². The molecule has 2 rings (SSSR count). The molecule has 0 aliphatic carbocycles. The van der Waals surface area contributed by atoms with Gasteiger partial charge in [0.15, 0.2) is 0 Å². The van der Waals surface area contributed by atoms with Gasteiger partial charge < -0.3 is 14.6 Å². The van der Waals surface area contributed by atoms with Gasteiger partial charge in [0.2, 0.25) is 0 Å². The lowest BCUT2D eigenvalue weighted by Gasteiger charge is -2.00. The topological polar surface area (TPSA) is 72.8 Å². The molecule has 0 saturated heterocycles. The lowest BCUT2D eigenvalue weighted by Crippen LogP contribution is -2.04. The Kier molecular flexibility index (Phi) is 8.05. The van der Waals surface area contributed by atoms with Crippen molar-refractivity contribution in [2.24, 2.45) is 0 Å². The van der Waals surface area contributed by atoms with Gasteiger partial charge in [-0.1, -0.05) is 25.5 Å². The van der Waals surface area contributed by atoms with Crippen molar-refractivity contribution in [2.75, 3.05) is 14.2 Å². The Labute approximate surface area is 141 Å². The molecule has 128 valence electrons. The van der Waals surface area contributed by atoms with E-state index in [1.54, 1.807) is 12.1 Å². The fourth-order valence-electron chi connectivity index (χ4n) is 1.93. The zero-order chi connectivity index (χ0) is 17.9. The minimum atomic E-state index is -0.429. The standard InChI is InChI=1S/C10H10O4.C9H12O/c1-13-9(11)7-3-5-8(6-4-7)10(12)14-2;1-2-3-8-4-6-9(10)7-5-8/h3-6H,1-2H3;4-7,10H,2-3H2,1H3. The molecule has 5 heteroatoms. The Bertz CT molecular complexity index is 609. The number of aryl methyl sites for hydroxylation is 1. The molecule has 0 saturated carbocycles. The van der Waals surface area contributed by atoms with E-state index >= 15 is 0 Å². The number of methoxy groups -OCH3 is 2. The summed E-state index contributed by atoms with van der Waals surface area (Å²) >= 11 is 0. The Morgan fingerprint density at radius 3 is 1.58 bits per heavy atom. The smallest absolute Gasteiger partial charge is 0.337 e. The highest BCUT2D eigenvalue weighted by atomic mass is 16.5. The first kappa shape index (κ1) is 19.2. The van der Waals surface area contributed by atoms with Crippen LogP contribution in [0, 0.1) is 0 Å². The largest absolute Gasteiger partial charge is 0.508 e. The third kappa shape index (κ3) is 6.12. The summed E-state index contributed by atoms with van der Waals surface area (Å²) in [5, 5.41) is 8.92. The number of hydrogen-bond acceptors (Lipinski definition) is 5. The Morgan fingerprint density at radius 1 is 0.833 bits per heavy atom. The maximum atomic E-state index is 11.0. The zero-order valence-electron chi connectivity index (χ0n) is 14.1. The fraction of sp³-hybridized carbons (Fsp3) is 0.263. The SMILES string of the molecule is CCCc1ccc(O)cc1.COC(=O)c1ccc(C(=O)OC)cc1. The number of phenols is 1. The summed E-state index contributed by atoms with van der Waals surface area (Å²) in [7, 11) is 2.60. The van der Waals surface area contributed by atoms with Crippen LogP contribution in [0.25, 0.3) is 0 Å². The molecule has 2 aromatic carbocycles. The van der Waals surface area contributed by atoms with Gasteiger partial charge in [0.05, 0.1) is 25.3 Å². The van der Waals surface area contributed by atoms with E-state index in [4.69, 9.17) is 5.11 Å². The monoisotopic (exact) mass is 330 g/mol. The van der Waals surface area contributed by atoms with Crippen molar-refractivity contribution in [3.05, 3.63) is 65.2 Å². The molecule has 0 amide bonds. The van der Waals surface area contributed by atoms with E-state index in [0.717, 1.165) is 12.8 Å². The number of phenolic OH excluding ortho intramolecular Hbond substituents is 1. The Morgan fingerprint density at radius 2 is 1.25 bits per heavy atom. The van der Waals surface area contributed by atoms with Gasteiger partial charge in [-0.3, -0.25) is 0 Å². The summed E-state index contributed by atoms with van der Waals surface area (Å²) < 4.78 is 9.02. The molecule has 0 aliphatic heterocycles. The van der Waals surface area contributed by atoms with Crippen LogP contribution in [0.2, 0.25) is 0 Å². The average Bonchev–Trinajstić information content (AvgIpc) is 2.63. The number of hydrogen-bond donors (Lipinski definition) is 1. The van der Waals surface area contributed by atoms with Crippen LogP contribution in [0.5, 0.6) is 5.75 Å². The molecule has 0 bridgehead atoms. The summed E-state index contributed by atoms with van der Waals surface area (Å²) in [5.74, 6) is -0.511. The van der Waals surface area contributed by atoms with E-state index in [1.165, 1.54) is 44.0 Å². The number of benzene rings is 2. The molecule has 0 spiro atoms. The van der Waals surface area contributed by atoms with Crippen molar-refractivity contribution in [2.45, 2.75) is 19.8 Å². The van der Waals surface area contributed by atoms with Gasteiger partial charge in [-0.15, -0.1) is 0 Å². The highest BCUT2D eigenvalue weighted by Crippen LogP contribution is 2.10. The maximum Gasteiger partial charge on any atom is 0.337 e. The van der Waals surface area contributed by atoms with E-state index in [2.05, 4.69) is 16.4 Å². The van der Waals surface area contributed by atoms with E-state index in [9.17, 15) is 9.59 Å². The van der Waals surface area contributed by atoms with Crippen molar-refractivity contribution in [3.8, 4) is 5.75 Å². The van der Waals surface area contributed by atoms with Crippen LogP contribution in [0.1, 0.15) is 39.6 Å². The summed E-state index contributed by atoms with van der Waals surface area (Å²) in [6, 6.07) is 13.4. The zero-order valence-corrected chi connectivity index (χ0v) is 14.1. The number of carbonyl (C=O) groups excluding carboxylic acids is 2. The summed E-state index contributed by atoms with van der Waals surface area (Å²) in [4.78, 5) is 22.1. The van der Waals surface area contributed by atoms with Crippen LogP contribution in [-0.2, 0) is 15.9 Å². The molecular formula is C19H22O5. The summed E-state index contributed by atoms with van der Waals surface area (Å²) in [5.41, 5.74) is 2.10. The molecule has 0 heterocycles. The highest BCUT2D eigenvalue weighted by molar-refractivity contribution is 5.93. The predicted octanol–water partition coefficient (Wildman–Crippen LogP) is 3.60. The Balaban J connectivity index is 0.000000254. The third-order valence-corrected chi connectivity index (χ3v) is 3.20. The van der Waals surface area contributed by atoms with Crippen LogP contribution in [0.4, 0.5) is 0 Å². The number of rotatable bonds is 4. The van der Waals surface area contributed by atoms with Crippen LogP contribution < -0.4 is 0 Å². The van der Waals surface area contributed by atoms with Crippen LogP contribution in [0.15, 0.2) is 48.5 Å².